The molecule has 1 amide bonds. The molecule has 0 atom stereocenters. The third-order valence-electron chi connectivity index (χ3n) is 3.90. The number of carbonyl (C=O) groups is 1. The number of amides is 1. The fraction of sp³-hybridized carbons (Fsp3) is 0.571. The molecule has 0 aliphatic carbocycles. The summed E-state index contributed by atoms with van der Waals surface area (Å²) in [6, 6.07) is 5.94. The smallest absolute Gasteiger partial charge is 0.223 e. The first-order valence-electron chi connectivity index (χ1n) is 6.63. The van der Waals surface area contributed by atoms with Crippen molar-refractivity contribution < 1.29 is 4.79 Å². The van der Waals surface area contributed by atoms with E-state index < -0.39 is 0 Å². The van der Waals surface area contributed by atoms with Crippen molar-refractivity contribution in [1.82, 2.24) is 10.3 Å². The van der Waals surface area contributed by atoms with Crippen LogP contribution in [0.5, 0.6) is 0 Å². The second kappa shape index (κ2) is 5.96. The van der Waals surface area contributed by atoms with E-state index in [1.165, 1.54) is 0 Å². The van der Waals surface area contributed by atoms with Crippen LogP contribution >= 0.6 is 0 Å². The first-order valence-corrected chi connectivity index (χ1v) is 6.63. The summed E-state index contributed by atoms with van der Waals surface area (Å²) in [6.45, 7) is 1.79. The minimum atomic E-state index is -0.292. The molecule has 0 radical (unpaired) electrons. The largest absolute Gasteiger partial charge is 0.369 e. The van der Waals surface area contributed by atoms with Crippen molar-refractivity contribution in [3.63, 3.8) is 0 Å². The maximum Gasteiger partial charge on any atom is 0.223 e. The number of nitrogens with two attached hydrogens (primary N) is 1. The Balaban J connectivity index is 1.88. The number of nitrogens with zero attached hydrogens (tertiary/aromatic N) is 1. The average molecular weight is 247 g/mol. The van der Waals surface area contributed by atoms with Gasteiger partial charge in [0.1, 0.15) is 0 Å². The zero-order valence-electron chi connectivity index (χ0n) is 10.7. The van der Waals surface area contributed by atoms with Crippen LogP contribution < -0.4 is 11.1 Å². The van der Waals surface area contributed by atoms with E-state index in [-0.39, 0.29) is 11.3 Å². The summed E-state index contributed by atoms with van der Waals surface area (Å²) in [7, 11) is 0. The minimum absolute atomic E-state index is 0.134. The van der Waals surface area contributed by atoms with Crippen molar-refractivity contribution in [1.29, 1.82) is 0 Å². The van der Waals surface area contributed by atoms with Gasteiger partial charge in [-0.2, -0.15) is 0 Å². The Bertz CT molecular complexity index is 385. The van der Waals surface area contributed by atoms with Crippen LogP contribution in [0.15, 0.2) is 24.4 Å². The van der Waals surface area contributed by atoms with E-state index in [1.807, 2.05) is 24.4 Å². The molecule has 2 heterocycles. The molecule has 1 aromatic rings. The van der Waals surface area contributed by atoms with Crippen LogP contribution in [0.1, 0.15) is 31.4 Å². The molecule has 1 saturated heterocycles. The Labute approximate surface area is 108 Å². The SMILES string of the molecule is NC(=O)C1(CCCc2ccccn2)CCNCC1. The standard InChI is InChI=1S/C14H21N3O/c15-13(18)14(7-10-16-11-8-14)6-3-5-12-4-1-2-9-17-12/h1-2,4,9,16H,3,5-8,10-11H2,(H2,15,18). The van der Waals surface area contributed by atoms with Crippen LogP contribution in [0.3, 0.4) is 0 Å². The molecule has 2 rings (SSSR count). The molecule has 0 spiro atoms. The lowest BCUT2D eigenvalue weighted by Crippen LogP contribution is -2.45. The highest BCUT2D eigenvalue weighted by atomic mass is 16.1. The molecule has 0 unspecified atom stereocenters. The van der Waals surface area contributed by atoms with Crippen LogP contribution in [0.4, 0.5) is 0 Å². The molecule has 1 aliphatic rings. The van der Waals surface area contributed by atoms with E-state index >= 15 is 0 Å². The number of hydrogen-bond acceptors (Lipinski definition) is 3. The monoisotopic (exact) mass is 247 g/mol. The molecule has 0 saturated carbocycles. The van der Waals surface area contributed by atoms with Gasteiger partial charge in [0.25, 0.3) is 0 Å². The molecule has 1 fully saturated rings. The van der Waals surface area contributed by atoms with E-state index in [1.54, 1.807) is 0 Å². The lowest BCUT2D eigenvalue weighted by atomic mass is 9.74. The lowest BCUT2D eigenvalue weighted by molar-refractivity contribution is -0.129. The highest BCUT2D eigenvalue weighted by molar-refractivity contribution is 5.80. The zero-order valence-corrected chi connectivity index (χ0v) is 10.7. The van der Waals surface area contributed by atoms with E-state index in [2.05, 4.69) is 10.3 Å². The fourth-order valence-electron chi connectivity index (χ4n) is 2.68. The first-order chi connectivity index (χ1) is 8.73. The summed E-state index contributed by atoms with van der Waals surface area (Å²) in [5.41, 5.74) is 6.40. The average Bonchev–Trinajstić information content (AvgIpc) is 2.41. The Kier molecular flexibility index (Phi) is 4.31. The van der Waals surface area contributed by atoms with Gasteiger partial charge < -0.3 is 11.1 Å². The second-order valence-electron chi connectivity index (χ2n) is 5.07. The van der Waals surface area contributed by atoms with Crippen LogP contribution in [-0.2, 0) is 11.2 Å². The molecule has 0 aromatic carbocycles. The van der Waals surface area contributed by atoms with Gasteiger partial charge in [0.2, 0.25) is 5.91 Å². The fourth-order valence-corrected chi connectivity index (χ4v) is 2.68. The van der Waals surface area contributed by atoms with Gasteiger partial charge in [-0.05, 0) is 57.3 Å². The summed E-state index contributed by atoms with van der Waals surface area (Å²) >= 11 is 0. The van der Waals surface area contributed by atoms with Crippen molar-refractivity contribution in [2.24, 2.45) is 11.1 Å². The minimum Gasteiger partial charge on any atom is -0.369 e. The number of aromatic nitrogens is 1. The van der Waals surface area contributed by atoms with E-state index in [4.69, 9.17) is 5.73 Å². The number of nitrogens with one attached hydrogen (secondary N) is 1. The molecule has 98 valence electrons. The first kappa shape index (κ1) is 13.0. The third-order valence-corrected chi connectivity index (χ3v) is 3.90. The van der Waals surface area contributed by atoms with E-state index in [0.29, 0.717) is 0 Å². The number of piperidine rings is 1. The number of primary amides is 1. The van der Waals surface area contributed by atoms with Gasteiger partial charge in [0.15, 0.2) is 0 Å². The summed E-state index contributed by atoms with van der Waals surface area (Å²) in [5, 5.41) is 3.28. The van der Waals surface area contributed by atoms with Crippen molar-refractivity contribution >= 4 is 5.91 Å². The Hall–Kier alpha value is -1.42. The number of carbonyl (C=O) groups excluding carboxylic acids is 1. The summed E-state index contributed by atoms with van der Waals surface area (Å²) in [6.07, 6.45) is 6.31. The Morgan fingerprint density at radius 1 is 1.39 bits per heavy atom. The molecule has 18 heavy (non-hydrogen) atoms. The van der Waals surface area contributed by atoms with Gasteiger partial charge in [0.05, 0.1) is 5.41 Å². The predicted molar refractivity (Wildman–Crippen MR) is 70.9 cm³/mol. The van der Waals surface area contributed by atoms with Gasteiger partial charge >= 0.3 is 0 Å². The molecule has 1 aliphatic heterocycles. The van der Waals surface area contributed by atoms with Crippen LogP contribution in [0.25, 0.3) is 0 Å². The van der Waals surface area contributed by atoms with Gasteiger partial charge in [0, 0.05) is 11.9 Å². The Morgan fingerprint density at radius 2 is 2.17 bits per heavy atom. The molecular weight excluding hydrogens is 226 g/mol. The van der Waals surface area contributed by atoms with Crippen LogP contribution in [-0.4, -0.2) is 24.0 Å². The van der Waals surface area contributed by atoms with Crippen molar-refractivity contribution in [2.75, 3.05) is 13.1 Å². The molecule has 0 bridgehead atoms. The predicted octanol–water partition coefficient (Wildman–Crippen LogP) is 1.26. The maximum atomic E-state index is 11.7. The topological polar surface area (TPSA) is 68.0 Å². The highest BCUT2D eigenvalue weighted by Gasteiger charge is 2.36. The van der Waals surface area contributed by atoms with Gasteiger partial charge in [-0.15, -0.1) is 0 Å². The van der Waals surface area contributed by atoms with Crippen molar-refractivity contribution in [3.05, 3.63) is 30.1 Å². The van der Waals surface area contributed by atoms with Crippen LogP contribution in [0, 0.1) is 5.41 Å². The number of hydrogen-bond donors (Lipinski definition) is 2. The molecular formula is C14H21N3O. The lowest BCUT2D eigenvalue weighted by Gasteiger charge is -2.34. The summed E-state index contributed by atoms with van der Waals surface area (Å²) in [5.74, 6) is -0.134. The summed E-state index contributed by atoms with van der Waals surface area (Å²) < 4.78 is 0. The Morgan fingerprint density at radius 3 is 2.78 bits per heavy atom. The van der Waals surface area contributed by atoms with Crippen molar-refractivity contribution in [3.8, 4) is 0 Å². The maximum absolute atomic E-state index is 11.7. The second-order valence-corrected chi connectivity index (χ2v) is 5.07. The number of rotatable bonds is 5. The van der Waals surface area contributed by atoms with Gasteiger partial charge in [-0.25, -0.2) is 0 Å². The summed E-state index contributed by atoms with van der Waals surface area (Å²) in [4.78, 5) is 16.0. The molecule has 1 aromatic heterocycles. The van der Waals surface area contributed by atoms with Gasteiger partial charge in [-0.3, -0.25) is 9.78 Å². The molecule has 3 N–H and O–H groups in total. The zero-order chi connectivity index (χ0) is 12.8. The van der Waals surface area contributed by atoms with Crippen molar-refractivity contribution in [2.45, 2.75) is 32.1 Å². The van der Waals surface area contributed by atoms with E-state index in [9.17, 15) is 4.79 Å². The quantitative estimate of drug-likeness (QED) is 0.823. The van der Waals surface area contributed by atoms with Crippen LogP contribution in [0.2, 0.25) is 0 Å². The molecule has 4 nitrogen and oxygen atoms in total. The van der Waals surface area contributed by atoms with E-state index in [0.717, 1.165) is 50.9 Å². The van der Waals surface area contributed by atoms with Gasteiger partial charge in [-0.1, -0.05) is 6.07 Å². The molecule has 4 heteroatoms. The third kappa shape index (κ3) is 3.07. The normalized spacial score (nSPS) is 18.4. The highest BCUT2D eigenvalue weighted by Crippen LogP contribution is 2.34. The number of pyridine rings is 1. The number of aryl methyl sites for hydroxylation is 1.